The SMILES string of the molecule is Cc1nc(N(C)CCC(=O)NCCc2ccc(F)cc2)c2cc(-c3ccccc3)sc2n1. The largest absolute Gasteiger partial charge is 0.359 e. The van der Waals surface area contributed by atoms with Gasteiger partial charge in [-0.25, -0.2) is 14.4 Å². The van der Waals surface area contributed by atoms with Gasteiger partial charge >= 0.3 is 0 Å². The van der Waals surface area contributed by atoms with E-state index in [-0.39, 0.29) is 11.7 Å². The summed E-state index contributed by atoms with van der Waals surface area (Å²) in [6.45, 7) is 2.96. The molecule has 5 nitrogen and oxygen atoms in total. The Morgan fingerprint density at radius 3 is 2.59 bits per heavy atom. The summed E-state index contributed by atoms with van der Waals surface area (Å²) in [6, 6.07) is 18.7. The lowest BCUT2D eigenvalue weighted by molar-refractivity contribution is -0.120. The molecule has 0 saturated carbocycles. The van der Waals surface area contributed by atoms with E-state index in [0.29, 0.717) is 31.8 Å². The molecule has 0 spiro atoms. The molecular weight excluding hydrogens is 423 g/mol. The van der Waals surface area contributed by atoms with Crippen LogP contribution in [0.15, 0.2) is 60.7 Å². The summed E-state index contributed by atoms with van der Waals surface area (Å²) in [7, 11) is 1.95. The van der Waals surface area contributed by atoms with E-state index >= 15 is 0 Å². The molecule has 2 heterocycles. The van der Waals surface area contributed by atoms with Gasteiger partial charge in [-0.15, -0.1) is 11.3 Å². The minimum atomic E-state index is -0.253. The molecule has 1 N–H and O–H groups in total. The summed E-state index contributed by atoms with van der Waals surface area (Å²) in [6.07, 6.45) is 1.03. The van der Waals surface area contributed by atoms with E-state index in [1.165, 1.54) is 12.1 Å². The van der Waals surface area contributed by atoms with Gasteiger partial charge in [0.15, 0.2) is 0 Å². The predicted molar refractivity (Wildman–Crippen MR) is 129 cm³/mol. The zero-order valence-corrected chi connectivity index (χ0v) is 19.0. The van der Waals surface area contributed by atoms with Crippen LogP contribution in [0.2, 0.25) is 0 Å². The van der Waals surface area contributed by atoms with Crippen molar-refractivity contribution in [1.29, 1.82) is 0 Å². The Balaban J connectivity index is 1.38. The molecule has 164 valence electrons. The predicted octanol–water partition coefficient (Wildman–Crippen LogP) is 4.99. The molecule has 0 aliphatic rings. The number of aryl methyl sites for hydroxylation is 1. The van der Waals surface area contributed by atoms with Crippen molar-refractivity contribution in [3.05, 3.63) is 77.9 Å². The third-order valence-corrected chi connectivity index (χ3v) is 6.31. The topological polar surface area (TPSA) is 58.1 Å². The fraction of sp³-hybridized carbons (Fsp3) is 0.240. The Kier molecular flexibility index (Phi) is 6.75. The first-order valence-electron chi connectivity index (χ1n) is 10.6. The average Bonchev–Trinajstić information content (AvgIpc) is 3.23. The summed E-state index contributed by atoms with van der Waals surface area (Å²) < 4.78 is 13.0. The van der Waals surface area contributed by atoms with Crippen molar-refractivity contribution < 1.29 is 9.18 Å². The van der Waals surface area contributed by atoms with E-state index in [1.807, 2.05) is 37.1 Å². The standard InChI is InChI=1S/C25H25FN4OS/c1-17-28-24(21-16-22(32-25(21)29-17)19-6-4-3-5-7-19)30(2)15-13-23(31)27-14-12-18-8-10-20(26)11-9-18/h3-11,16H,12-15H2,1-2H3,(H,27,31). The maximum Gasteiger partial charge on any atom is 0.221 e. The normalized spacial score (nSPS) is 11.0. The maximum absolute atomic E-state index is 13.0. The van der Waals surface area contributed by atoms with Crippen molar-refractivity contribution in [1.82, 2.24) is 15.3 Å². The number of anilines is 1. The van der Waals surface area contributed by atoms with Crippen molar-refractivity contribution >= 4 is 33.3 Å². The van der Waals surface area contributed by atoms with Gasteiger partial charge in [-0.05, 0) is 42.7 Å². The summed E-state index contributed by atoms with van der Waals surface area (Å²) >= 11 is 1.65. The number of hydrogen-bond donors (Lipinski definition) is 1. The molecule has 0 fully saturated rings. The van der Waals surface area contributed by atoms with Gasteiger partial charge in [0.1, 0.15) is 22.3 Å². The number of aromatic nitrogens is 2. The van der Waals surface area contributed by atoms with Gasteiger partial charge in [0.2, 0.25) is 5.91 Å². The highest BCUT2D eigenvalue weighted by molar-refractivity contribution is 7.21. The van der Waals surface area contributed by atoms with Crippen LogP contribution in [0.3, 0.4) is 0 Å². The molecule has 0 unspecified atom stereocenters. The molecule has 0 aliphatic carbocycles. The molecule has 0 bridgehead atoms. The number of rotatable bonds is 8. The van der Waals surface area contributed by atoms with Crippen LogP contribution >= 0.6 is 11.3 Å². The fourth-order valence-electron chi connectivity index (χ4n) is 3.51. The van der Waals surface area contributed by atoms with Crippen molar-refractivity contribution in [3.63, 3.8) is 0 Å². The number of benzene rings is 2. The monoisotopic (exact) mass is 448 g/mol. The second-order valence-corrected chi connectivity index (χ2v) is 8.72. The number of carbonyl (C=O) groups excluding carboxylic acids is 1. The van der Waals surface area contributed by atoms with Crippen LogP contribution < -0.4 is 10.2 Å². The molecule has 32 heavy (non-hydrogen) atoms. The molecule has 4 rings (SSSR count). The molecule has 0 aliphatic heterocycles. The smallest absolute Gasteiger partial charge is 0.221 e. The van der Waals surface area contributed by atoms with E-state index in [2.05, 4.69) is 33.5 Å². The lowest BCUT2D eigenvalue weighted by Gasteiger charge is -2.19. The molecule has 2 aromatic heterocycles. The Morgan fingerprint density at radius 1 is 1.09 bits per heavy atom. The van der Waals surface area contributed by atoms with E-state index in [9.17, 15) is 9.18 Å². The summed E-state index contributed by atoms with van der Waals surface area (Å²) in [5.74, 6) is 1.28. The van der Waals surface area contributed by atoms with E-state index in [1.54, 1.807) is 23.5 Å². The Labute approximate surface area is 190 Å². The zero-order chi connectivity index (χ0) is 22.5. The van der Waals surface area contributed by atoms with Gasteiger partial charge in [0.25, 0.3) is 0 Å². The third-order valence-electron chi connectivity index (χ3n) is 5.23. The number of hydrogen-bond acceptors (Lipinski definition) is 5. The highest BCUT2D eigenvalue weighted by atomic mass is 32.1. The van der Waals surface area contributed by atoms with Crippen LogP contribution in [0.5, 0.6) is 0 Å². The Bertz CT molecular complexity index is 1210. The number of nitrogens with one attached hydrogen (secondary N) is 1. The van der Waals surface area contributed by atoms with Crippen LogP contribution in [0.25, 0.3) is 20.7 Å². The molecule has 1 amide bonds. The number of fused-ring (bicyclic) bond motifs is 1. The quantitative estimate of drug-likeness (QED) is 0.413. The van der Waals surface area contributed by atoms with E-state index in [4.69, 9.17) is 0 Å². The van der Waals surface area contributed by atoms with Crippen molar-refractivity contribution in [2.45, 2.75) is 19.8 Å². The number of halogens is 1. The van der Waals surface area contributed by atoms with Crippen LogP contribution in [-0.4, -0.2) is 36.0 Å². The third kappa shape index (κ3) is 5.29. The highest BCUT2D eigenvalue weighted by Gasteiger charge is 2.15. The van der Waals surface area contributed by atoms with Crippen LogP contribution in [-0.2, 0) is 11.2 Å². The van der Waals surface area contributed by atoms with Gasteiger partial charge in [0, 0.05) is 31.4 Å². The first-order chi connectivity index (χ1) is 15.5. The van der Waals surface area contributed by atoms with Gasteiger partial charge in [-0.2, -0.15) is 0 Å². The Morgan fingerprint density at radius 2 is 1.84 bits per heavy atom. The van der Waals surface area contributed by atoms with Gasteiger partial charge in [-0.1, -0.05) is 42.5 Å². The van der Waals surface area contributed by atoms with Crippen molar-refractivity contribution in [2.24, 2.45) is 0 Å². The highest BCUT2D eigenvalue weighted by Crippen LogP contribution is 2.36. The van der Waals surface area contributed by atoms with Gasteiger partial charge in [0.05, 0.1) is 5.39 Å². The number of carbonyl (C=O) groups is 1. The molecule has 0 radical (unpaired) electrons. The number of thiophene rings is 1. The summed E-state index contributed by atoms with van der Waals surface area (Å²) in [5.41, 5.74) is 2.15. The maximum atomic E-state index is 13.0. The number of amides is 1. The molecule has 0 atom stereocenters. The van der Waals surface area contributed by atoms with Crippen molar-refractivity contribution in [2.75, 3.05) is 25.0 Å². The van der Waals surface area contributed by atoms with E-state index in [0.717, 1.165) is 32.0 Å². The molecule has 7 heteroatoms. The minimum absolute atomic E-state index is 0.0173. The molecular formula is C25H25FN4OS. The minimum Gasteiger partial charge on any atom is -0.359 e. The molecule has 4 aromatic rings. The number of nitrogens with zero attached hydrogens (tertiary/aromatic N) is 3. The van der Waals surface area contributed by atoms with Gasteiger partial charge < -0.3 is 10.2 Å². The van der Waals surface area contributed by atoms with Crippen LogP contribution in [0, 0.1) is 12.7 Å². The molecule has 2 aromatic carbocycles. The first-order valence-corrected chi connectivity index (χ1v) is 11.4. The Hall–Kier alpha value is -3.32. The lowest BCUT2D eigenvalue weighted by atomic mass is 10.1. The second-order valence-electron chi connectivity index (χ2n) is 7.69. The van der Waals surface area contributed by atoms with Crippen LogP contribution in [0.4, 0.5) is 10.2 Å². The summed E-state index contributed by atoms with van der Waals surface area (Å²) in [5, 5.41) is 3.94. The van der Waals surface area contributed by atoms with Gasteiger partial charge in [-0.3, -0.25) is 4.79 Å². The average molecular weight is 449 g/mol. The summed E-state index contributed by atoms with van der Waals surface area (Å²) in [4.78, 5) is 25.7. The lowest BCUT2D eigenvalue weighted by Crippen LogP contribution is -2.30. The second kappa shape index (κ2) is 9.87. The molecule has 0 saturated heterocycles. The van der Waals surface area contributed by atoms with Crippen molar-refractivity contribution in [3.8, 4) is 10.4 Å². The van der Waals surface area contributed by atoms with Crippen LogP contribution in [0.1, 0.15) is 17.8 Å². The van der Waals surface area contributed by atoms with E-state index < -0.39 is 0 Å². The zero-order valence-electron chi connectivity index (χ0n) is 18.1. The first kappa shape index (κ1) is 21.9. The fourth-order valence-corrected chi connectivity index (χ4v) is 4.58.